The summed E-state index contributed by atoms with van der Waals surface area (Å²) in [6.45, 7) is 6.63. The number of ether oxygens (including phenoxy) is 3. The van der Waals surface area contributed by atoms with E-state index in [-0.39, 0.29) is 31.1 Å². The van der Waals surface area contributed by atoms with Crippen LogP contribution >= 0.6 is 0 Å². The lowest BCUT2D eigenvalue weighted by Crippen LogP contribution is -2.30. The van der Waals surface area contributed by atoms with Crippen LogP contribution in [0.2, 0.25) is 0 Å². The van der Waals surface area contributed by atoms with E-state index in [1.165, 1.54) is 238 Å². The Morgan fingerprint density at radius 1 is 0.256 bits per heavy atom. The molecule has 0 radical (unpaired) electrons. The number of allylic oxidation sites excluding steroid dienone is 10. The Morgan fingerprint density at radius 2 is 0.462 bits per heavy atom. The molecule has 0 aromatic heterocycles. The smallest absolute Gasteiger partial charge is 0.306 e. The molecule has 0 N–H and O–H groups in total. The first-order valence-corrected chi connectivity index (χ1v) is 34.3. The molecule has 0 aromatic rings. The third-order valence-corrected chi connectivity index (χ3v) is 15.2. The second-order valence-electron chi connectivity index (χ2n) is 23.1. The van der Waals surface area contributed by atoms with Crippen molar-refractivity contribution in [1.82, 2.24) is 0 Å². The van der Waals surface area contributed by atoms with E-state index in [1.807, 2.05) is 0 Å². The quantitative estimate of drug-likeness (QED) is 0.0261. The van der Waals surface area contributed by atoms with Crippen molar-refractivity contribution in [3.63, 3.8) is 0 Å². The highest BCUT2D eigenvalue weighted by atomic mass is 16.6. The topological polar surface area (TPSA) is 78.9 Å². The summed E-state index contributed by atoms with van der Waals surface area (Å²) in [5.41, 5.74) is 0. The Kier molecular flexibility index (Phi) is 64.2. The average molecular weight is 1090 g/mol. The highest BCUT2D eigenvalue weighted by molar-refractivity contribution is 5.71. The van der Waals surface area contributed by atoms with E-state index in [1.54, 1.807) is 0 Å². The van der Waals surface area contributed by atoms with Crippen molar-refractivity contribution in [1.29, 1.82) is 0 Å². The van der Waals surface area contributed by atoms with Crippen molar-refractivity contribution in [3.05, 3.63) is 60.8 Å². The normalized spacial score (nSPS) is 12.4. The van der Waals surface area contributed by atoms with E-state index in [9.17, 15) is 14.4 Å². The largest absolute Gasteiger partial charge is 0.462 e. The Bertz CT molecular complexity index is 1390. The summed E-state index contributed by atoms with van der Waals surface area (Å²) in [5.74, 6) is -0.876. The summed E-state index contributed by atoms with van der Waals surface area (Å²) in [6.07, 6.45) is 85.4. The SMILES string of the molecule is CCCCC/C=C\CCCCCCCC(=O)OCC(COC(=O)CCCCCCCCCCCCCCCCCCCC/C=C\C/C=C\C/C=C\CCCCCCC)OC(=O)CCCCCCC/C=C\CCCCCCCC. The van der Waals surface area contributed by atoms with Crippen LogP contribution in [0.15, 0.2) is 60.8 Å². The van der Waals surface area contributed by atoms with Crippen LogP contribution in [0.5, 0.6) is 0 Å². The maximum absolute atomic E-state index is 12.9. The molecule has 0 saturated heterocycles. The number of hydrogen-bond donors (Lipinski definition) is 0. The van der Waals surface area contributed by atoms with Gasteiger partial charge in [0, 0.05) is 19.3 Å². The lowest BCUT2D eigenvalue weighted by atomic mass is 10.0. The maximum Gasteiger partial charge on any atom is 0.306 e. The zero-order valence-corrected chi connectivity index (χ0v) is 52.2. The van der Waals surface area contributed by atoms with Crippen LogP contribution in [-0.2, 0) is 28.6 Å². The average Bonchev–Trinajstić information content (AvgIpc) is 3.44. The summed E-state index contributed by atoms with van der Waals surface area (Å²) in [6, 6.07) is 0. The number of carbonyl (C=O) groups is 3. The van der Waals surface area contributed by atoms with Crippen LogP contribution in [0.1, 0.15) is 361 Å². The van der Waals surface area contributed by atoms with Gasteiger partial charge in [-0.3, -0.25) is 14.4 Å². The van der Waals surface area contributed by atoms with Gasteiger partial charge in [0.25, 0.3) is 0 Å². The van der Waals surface area contributed by atoms with Crippen LogP contribution in [0.4, 0.5) is 0 Å². The van der Waals surface area contributed by atoms with Crippen LogP contribution in [-0.4, -0.2) is 37.2 Å². The van der Waals surface area contributed by atoms with Gasteiger partial charge < -0.3 is 14.2 Å². The van der Waals surface area contributed by atoms with Crippen molar-refractivity contribution in [2.24, 2.45) is 0 Å². The van der Waals surface area contributed by atoms with Gasteiger partial charge in [-0.1, -0.05) is 293 Å². The molecule has 0 aliphatic heterocycles. The highest BCUT2D eigenvalue weighted by Crippen LogP contribution is 2.17. The number of carbonyl (C=O) groups excluding carboxylic acids is 3. The van der Waals surface area contributed by atoms with Crippen molar-refractivity contribution in [2.45, 2.75) is 367 Å². The molecule has 78 heavy (non-hydrogen) atoms. The van der Waals surface area contributed by atoms with Crippen molar-refractivity contribution >= 4 is 17.9 Å². The Labute approximate surface area is 485 Å². The van der Waals surface area contributed by atoms with Crippen molar-refractivity contribution in [2.75, 3.05) is 13.2 Å². The minimum absolute atomic E-state index is 0.0766. The monoisotopic (exact) mass is 1090 g/mol. The second kappa shape index (κ2) is 66.6. The zero-order chi connectivity index (χ0) is 56.4. The first kappa shape index (κ1) is 75.1. The van der Waals surface area contributed by atoms with Crippen LogP contribution in [0, 0.1) is 0 Å². The molecule has 0 heterocycles. The Balaban J connectivity index is 4.11. The third-order valence-electron chi connectivity index (χ3n) is 15.2. The molecule has 0 aliphatic carbocycles. The maximum atomic E-state index is 12.9. The number of esters is 3. The second-order valence-corrected chi connectivity index (χ2v) is 23.1. The molecule has 0 spiro atoms. The molecular weight excluding hydrogens is 961 g/mol. The molecule has 0 aromatic carbocycles. The van der Waals surface area contributed by atoms with Gasteiger partial charge in [-0.05, 0) is 109 Å². The minimum atomic E-state index is -0.780. The molecule has 0 fully saturated rings. The number of unbranched alkanes of at least 4 members (excludes halogenated alkanes) is 42. The third kappa shape index (κ3) is 63.9. The van der Waals surface area contributed by atoms with Crippen LogP contribution in [0.3, 0.4) is 0 Å². The van der Waals surface area contributed by atoms with Crippen LogP contribution in [0.25, 0.3) is 0 Å². The lowest BCUT2D eigenvalue weighted by Gasteiger charge is -2.18. The summed E-state index contributed by atoms with van der Waals surface area (Å²) in [7, 11) is 0. The van der Waals surface area contributed by atoms with Crippen molar-refractivity contribution in [3.8, 4) is 0 Å². The number of rotatable bonds is 63. The van der Waals surface area contributed by atoms with E-state index in [2.05, 4.69) is 81.5 Å². The molecule has 454 valence electrons. The van der Waals surface area contributed by atoms with Gasteiger partial charge in [-0.25, -0.2) is 0 Å². The molecule has 0 aliphatic rings. The van der Waals surface area contributed by atoms with E-state index in [0.717, 1.165) is 83.5 Å². The Hall–Kier alpha value is -2.89. The predicted octanol–water partition coefficient (Wildman–Crippen LogP) is 23.5. The van der Waals surface area contributed by atoms with E-state index < -0.39 is 6.10 Å². The summed E-state index contributed by atoms with van der Waals surface area (Å²) in [4.78, 5) is 38.3. The highest BCUT2D eigenvalue weighted by Gasteiger charge is 2.19. The fourth-order valence-electron chi connectivity index (χ4n) is 10.0. The first-order chi connectivity index (χ1) is 38.5. The van der Waals surface area contributed by atoms with E-state index in [0.29, 0.717) is 19.3 Å². The molecule has 6 nitrogen and oxygen atoms in total. The van der Waals surface area contributed by atoms with Crippen LogP contribution < -0.4 is 0 Å². The lowest BCUT2D eigenvalue weighted by molar-refractivity contribution is -0.167. The molecule has 6 heteroatoms. The van der Waals surface area contributed by atoms with Gasteiger partial charge in [0.05, 0.1) is 0 Å². The predicted molar refractivity (Wildman–Crippen MR) is 339 cm³/mol. The van der Waals surface area contributed by atoms with Gasteiger partial charge in [0.2, 0.25) is 0 Å². The number of hydrogen-bond acceptors (Lipinski definition) is 6. The minimum Gasteiger partial charge on any atom is -0.462 e. The summed E-state index contributed by atoms with van der Waals surface area (Å²) < 4.78 is 16.9. The van der Waals surface area contributed by atoms with Gasteiger partial charge in [0.1, 0.15) is 13.2 Å². The molecular formula is C72H130O6. The molecule has 0 amide bonds. The van der Waals surface area contributed by atoms with Crippen molar-refractivity contribution < 1.29 is 28.6 Å². The summed E-state index contributed by atoms with van der Waals surface area (Å²) in [5, 5.41) is 0. The molecule has 0 saturated carbocycles. The Morgan fingerprint density at radius 3 is 0.756 bits per heavy atom. The van der Waals surface area contributed by atoms with Gasteiger partial charge in [-0.2, -0.15) is 0 Å². The molecule has 1 atom stereocenters. The van der Waals surface area contributed by atoms with Gasteiger partial charge in [-0.15, -0.1) is 0 Å². The van der Waals surface area contributed by atoms with Gasteiger partial charge >= 0.3 is 17.9 Å². The molecule has 0 bridgehead atoms. The van der Waals surface area contributed by atoms with E-state index >= 15 is 0 Å². The molecule has 1 unspecified atom stereocenters. The molecule has 0 rings (SSSR count). The fourth-order valence-corrected chi connectivity index (χ4v) is 10.0. The van der Waals surface area contributed by atoms with Gasteiger partial charge in [0.15, 0.2) is 6.10 Å². The fraction of sp³-hybridized carbons (Fsp3) is 0.819. The summed E-state index contributed by atoms with van der Waals surface area (Å²) >= 11 is 0. The standard InChI is InChI=1S/C72H130O6/c1-4-7-10-13-16-19-22-25-27-28-29-30-31-32-33-34-35-36-37-38-39-40-41-42-43-44-46-47-50-53-56-59-62-65-71(74)77-68-69(67-76-70(73)64-61-58-55-52-49-24-21-18-15-12-9-6-3)78-72(75)66-63-60-57-54-51-48-45-26-23-20-17-14-11-8-5-2/h18,21-22,25-26,28-29,31-32,45,69H,4-17,19-20,23-24,27,30,33-44,46-68H2,1-3H3/b21-18-,25-22-,29-28-,32-31-,45-26-. The zero-order valence-electron chi connectivity index (χ0n) is 52.2. The first-order valence-electron chi connectivity index (χ1n) is 34.3. The van der Waals surface area contributed by atoms with E-state index in [4.69, 9.17) is 14.2 Å².